The molecule has 3 aromatic rings. The quantitative estimate of drug-likeness (QED) is 0.422. The van der Waals surface area contributed by atoms with Crippen LogP contribution < -0.4 is 29.2 Å². The summed E-state index contributed by atoms with van der Waals surface area (Å²) in [5.41, 5.74) is -2.87. The summed E-state index contributed by atoms with van der Waals surface area (Å²) >= 11 is 0. The molecule has 3 heterocycles. The van der Waals surface area contributed by atoms with E-state index in [0.29, 0.717) is 0 Å². The SMILES string of the molecule is [2H]c1c([2H])c(C)c2c(c1[2H])OC([2H])(C(=O)N1C([2H])([2H])C([2H])(C)N(c3nc(NC)c4c([2H])c(OC([2H])([2H])C)c(OC([2H])(C)C)c([2H])c4n3)C(C)(C)C1([2H])[2H])C([2H])([2H])O2. The minimum atomic E-state index is -3.70. The lowest BCUT2D eigenvalue weighted by Crippen LogP contribution is -2.66. The van der Waals surface area contributed by atoms with E-state index in [-0.39, 0.29) is 21.7 Å². The number of hydrogen-bond donors (Lipinski definition) is 1. The molecular formula is C31H41N5O5. The van der Waals surface area contributed by atoms with Crippen molar-refractivity contribution in [3.8, 4) is 23.0 Å². The molecule has 5 rings (SSSR count). The summed E-state index contributed by atoms with van der Waals surface area (Å²) in [6.45, 7) is -4.73. The first kappa shape index (κ1) is 14.8. The van der Waals surface area contributed by atoms with Gasteiger partial charge in [0.2, 0.25) is 12.0 Å². The molecule has 1 aromatic heterocycles. The van der Waals surface area contributed by atoms with Crippen LogP contribution in [0.4, 0.5) is 11.8 Å². The molecule has 2 atom stereocenters. The average molecular weight is 580 g/mol. The number of piperazine rings is 1. The maximum atomic E-state index is 14.6. The number of amides is 1. The summed E-state index contributed by atoms with van der Waals surface area (Å²) in [6.07, 6.45) is -5.46. The maximum absolute atomic E-state index is 14.6. The molecule has 10 heteroatoms. The monoisotopic (exact) mass is 579 g/mol. The predicted octanol–water partition coefficient (Wildman–Crippen LogP) is 4.82. The fraction of sp³-hybridized carbons (Fsp3) is 0.516. The van der Waals surface area contributed by atoms with Gasteiger partial charge < -0.3 is 34.1 Å². The lowest BCUT2D eigenvalue weighted by molar-refractivity contribution is -0.143. The number of anilines is 2. The second-order valence-electron chi connectivity index (χ2n) is 9.71. The number of para-hydroxylation sites is 1. The molecule has 1 amide bonds. The van der Waals surface area contributed by atoms with Crippen LogP contribution in [-0.2, 0) is 4.79 Å². The molecular weight excluding hydrogens is 522 g/mol. The van der Waals surface area contributed by atoms with E-state index in [1.807, 2.05) is 0 Å². The second kappa shape index (κ2) is 11.1. The zero-order valence-corrected chi connectivity index (χ0v) is 23.8. The normalized spacial score (nSPS) is 33.4. The van der Waals surface area contributed by atoms with Gasteiger partial charge in [-0.25, -0.2) is 4.98 Å². The summed E-state index contributed by atoms with van der Waals surface area (Å²) in [4.78, 5) is 23.9. The molecule has 1 N–H and O–H groups in total. The Morgan fingerprint density at radius 3 is 2.85 bits per heavy atom. The lowest BCUT2D eigenvalue weighted by Gasteiger charge is -2.51. The Morgan fingerprint density at radius 2 is 2.15 bits per heavy atom. The summed E-state index contributed by atoms with van der Waals surface area (Å²) in [5, 5.41) is 2.49. The topological polar surface area (TPSA) is 98.3 Å². The van der Waals surface area contributed by atoms with E-state index in [0.717, 1.165) is 32.6 Å². The van der Waals surface area contributed by atoms with Gasteiger partial charge in [0.05, 0.1) is 45.6 Å². The highest BCUT2D eigenvalue weighted by Gasteiger charge is 2.44. The number of hydrogen-bond acceptors (Lipinski definition) is 9. The summed E-state index contributed by atoms with van der Waals surface area (Å²) in [6, 6.07) is -6.18. The maximum Gasteiger partial charge on any atom is 0.267 e. The molecule has 1 saturated heterocycles. The highest BCUT2D eigenvalue weighted by atomic mass is 16.6. The highest BCUT2D eigenvalue weighted by molar-refractivity contribution is 5.93. The van der Waals surface area contributed by atoms with Gasteiger partial charge in [-0.15, -0.1) is 0 Å². The van der Waals surface area contributed by atoms with Crippen molar-refractivity contribution >= 4 is 28.6 Å². The van der Waals surface area contributed by atoms with Crippen LogP contribution >= 0.6 is 0 Å². The predicted molar refractivity (Wildman–Crippen MR) is 160 cm³/mol. The van der Waals surface area contributed by atoms with Crippen molar-refractivity contribution in [2.24, 2.45) is 0 Å². The van der Waals surface area contributed by atoms with Crippen molar-refractivity contribution in [3.05, 3.63) is 35.8 Å². The van der Waals surface area contributed by atoms with Crippen molar-refractivity contribution in [1.29, 1.82) is 0 Å². The molecule has 2 unspecified atom stereocenters. The molecule has 1 fully saturated rings. The van der Waals surface area contributed by atoms with Gasteiger partial charge in [-0.3, -0.25) is 4.79 Å². The summed E-state index contributed by atoms with van der Waals surface area (Å²) < 4.78 is 161. The Labute approximate surface area is 264 Å². The molecule has 0 spiro atoms. The number of nitrogens with zero attached hydrogens (tertiary/aromatic N) is 4. The van der Waals surface area contributed by atoms with Crippen LogP contribution in [0, 0.1) is 6.92 Å². The fourth-order valence-corrected chi connectivity index (χ4v) is 4.28. The third-order valence-electron chi connectivity index (χ3n) is 5.89. The van der Waals surface area contributed by atoms with Crippen LogP contribution in [0.2, 0.25) is 0 Å². The minimum Gasteiger partial charge on any atom is -0.490 e. The smallest absolute Gasteiger partial charge is 0.267 e. The molecule has 220 valence electrons. The van der Waals surface area contributed by atoms with E-state index >= 15 is 0 Å². The van der Waals surface area contributed by atoms with Crippen molar-refractivity contribution < 1.29 is 45.7 Å². The van der Waals surface area contributed by atoms with E-state index in [1.54, 1.807) is 0 Å². The van der Waals surface area contributed by atoms with E-state index in [1.165, 1.54) is 27.8 Å². The van der Waals surface area contributed by atoms with Crippen LogP contribution in [0.5, 0.6) is 23.0 Å². The number of carbonyl (C=O) groups is 1. The number of carbonyl (C=O) groups excluding carboxylic acids is 1. The van der Waals surface area contributed by atoms with Crippen molar-refractivity contribution in [2.75, 3.05) is 43.4 Å². The highest BCUT2D eigenvalue weighted by Crippen LogP contribution is 2.39. The van der Waals surface area contributed by atoms with Crippen molar-refractivity contribution in [2.45, 2.75) is 72.2 Å². The van der Waals surface area contributed by atoms with Crippen LogP contribution in [-0.4, -0.2) is 77.7 Å². The zero-order chi connectivity index (χ0) is 43.8. The first-order valence-corrected chi connectivity index (χ1v) is 12.6. The Balaban J connectivity index is 1.75. The second-order valence-corrected chi connectivity index (χ2v) is 9.71. The van der Waals surface area contributed by atoms with Gasteiger partial charge in [0.25, 0.3) is 5.91 Å². The fourth-order valence-electron chi connectivity index (χ4n) is 4.28. The van der Waals surface area contributed by atoms with Crippen molar-refractivity contribution in [3.63, 3.8) is 0 Å². The minimum absolute atomic E-state index is 0.151. The van der Waals surface area contributed by atoms with Gasteiger partial charge in [-0.05, 0) is 66.1 Å². The zero-order valence-electron chi connectivity index (χ0n) is 39.8. The van der Waals surface area contributed by atoms with Gasteiger partial charge in [-0.2, -0.15) is 4.98 Å². The molecule has 0 aliphatic carbocycles. The van der Waals surface area contributed by atoms with Gasteiger partial charge in [-0.1, -0.05) is 12.1 Å². The van der Waals surface area contributed by atoms with Gasteiger partial charge >= 0.3 is 0 Å². The lowest BCUT2D eigenvalue weighted by atomic mass is 9.95. The Bertz CT molecular complexity index is 2170. The summed E-state index contributed by atoms with van der Waals surface area (Å²) in [7, 11) is 1.36. The average Bonchev–Trinajstić information content (AvgIpc) is 3.05. The number of rotatable bonds is 7. The Morgan fingerprint density at radius 1 is 1.37 bits per heavy atom. The van der Waals surface area contributed by atoms with Crippen LogP contribution in [0.15, 0.2) is 30.2 Å². The van der Waals surface area contributed by atoms with Crippen LogP contribution in [0.3, 0.4) is 0 Å². The first-order valence-electron chi connectivity index (χ1n) is 20.6. The number of ether oxygens (including phenoxy) is 4. The van der Waals surface area contributed by atoms with Crippen LogP contribution in [0.25, 0.3) is 10.9 Å². The number of fused-ring (bicyclic) bond motifs is 2. The number of benzene rings is 2. The largest absolute Gasteiger partial charge is 0.490 e. The summed E-state index contributed by atoms with van der Waals surface area (Å²) in [5.74, 6) is -5.35. The Hall–Kier alpha value is -3.95. The van der Waals surface area contributed by atoms with Crippen molar-refractivity contribution in [1.82, 2.24) is 14.9 Å². The molecule has 0 bridgehead atoms. The van der Waals surface area contributed by atoms with Gasteiger partial charge in [0.15, 0.2) is 23.0 Å². The van der Waals surface area contributed by atoms with E-state index in [4.69, 9.17) is 34.0 Å². The molecule has 41 heavy (non-hydrogen) atoms. The van der Waals surface area contributed by atoms with Gasteiger partial charge in [0, 0.05) is 37.5 Å². The number of nitrogens with one attached hydrogen (secondary N) is 1. The standard InChI is InChI=1S/C31H41N5O5/c1-9-38-24-13-21-22(14-25(24)40-18(2)3)33-30(34-28(21)32-8)36-20(5)15-35(17-31(36,6)7)29(37)26-16-39-27-19(4)11-10-12-23(27)41-26/h10-14,18,20,26H,9,15-17H2,1-8H3,(H,32,33,34)/i9D2,10D,11D,12D,13D,14D,15D2,16D2,17D2,18D,20D,26D. The molecule has 2 aliphatic rings. The molecule has 10 nitrogen and oxygen atoms in total. The first-order chi connectivity index (χ1) is 25.5. The van der Waals surface area contributed by atoms with E-state index < -0.39 is 120 Å². The Kier molecular flexibility index (Phi) is 4.02. The molecule has 0 saturated carbocycles. The molecule has 2 aliphatic heterocycles. The van der Waals surface area contributed by atoms with E-state index in [9.17, 15) is 11.6 Å². The van der Waals surface area contributed by atoms with Gasteiger partial charge in [0.1, 0.15) is 12.4 Å². The molecule has 0 radical (unpaired) electrons. The van der Waals surface area contributed by atoms with E-state index in [2.05, 4.69) is 15.3 Å². The van der Waals surface area contributed by atoms with Crippen LogP contribution in [0.1, 0.15) is 69.0 Å². The molecule has 2 aromatic carbocycles. The number of aromatic nitrogens is 2. The third kappa shape index (κ3) is 5.52. The third-order valence-corrected chi connectivity index (χ3v) is 5.89.